The minimum absolute atomic E-state index is 0.0349. The molecule has 3 heterocycles. The van der Waals surface area contributed by atoms with E-state index >= 15 is 0 Å². The Balaban J connectivity index is 1.31. The lowest BCUT2D eigenvalue weighted by atomic mass is 9.55. The molecule has 2 aliphatic heterocycles. The summed E-state index contributed by atoms with van der Waals surface area (Å²) in [5.41, 5.74) is 20.0. The van der Waals surface area contributed by atoms with Crippen molar-refractivity contribution < 1.29 is 4.42 Å². The van der Waals surface area contributed by atoms with Crippen molar-refractivity contribution in [3.63, 3.8) is 0 Å². The topological polar surface area (TPSA) is 28.4 Å². The van der Waals surface area contributed by atoms with Gasteiger partial charge in [-0.15, -0.1) is 0 Å². The third kappa shape index (κ3) is 5.02. The van der Waals surface area contributed by atoms with Gasteiger partial charge in [-0.05, 0) is 105 Å². The molecule has 0 unspecified atom stereocenters. The maximum Gasteiger partial charge on any atom is 0.198 e. The molecule has 4 heteroatoms. The van der Waals surface area contributed by atoms with Crippen molar-refractivity contribution in [2.75, 3.05) is 10.2 Å². The third-order valence-corrected chi connectivity index (χ3v) is 13.5. The summed E-state index contributed by atoms with van der Waals surface area (Å²) in [6, 6.07) is 41.1. The van der Waals surface area contributed by atoms with Crippen LogP contribution < -0.4 is 21.1 Å². The van der Waals surface area contributed by atoms with Crippen LogP contribution in [0.3, 0.4) is 0 Å². The van der Waals surface area contributed by atoms with E-state index in [1.807, 2.05) is 0 Å². The summed E-state index contributed by atoms with van der Waals surface area (Å²) in [6.07, 6.45) is 2.31. The Morgan fingerprint density at radius 3 is 2.07 bits per heavy atom. The van der Waals surface area contributed by atoms with Crippen molar-refractivity contribution in [1.82, 2.24) is 0 Å². The molecule has 0 saturated heterocycles. The molecule has 1 aromatic heterocycles. The molecule has 0 spiro atoms. The number of para-hydroxylation sites is 3. The van der Waals surface area contributed by atoms with Crippen LogP contribution in [0.4, 0.5) is 28.4 Å². The molecule has 6 aromatic carbocycles. The Kier molecular flexibility index (Phi) is 7.12. The van der Waals surface area contributed by atoms with Crippen LogP contribution in [0.5, 0.6) is 0 Å². The molecule has 1 N–H and O–H groups in total. The lowest BCUT2D eigenvalue weighted by Gasteiger charge is -2.46. The van der Waals surface area contributed by atoms with Crippen LogP contribution in [-0.2, 0) is 21.7 Å². The average Bonchev–Trinajstić information content (AvgIpc) is 3.52. The maximum atomic E-state index is 7.05. The van der Waals surface area contributed by atoms with E-state index in [0.29, 0.717) is 0 Å². The minimum atomic E-state index is -0.123. The summed E-state index contributed by atoms with van der Waals surface area (Å²) in [5, 5.41) is 6.31. The molecule has 0 amide bonds. The fourth-order valence-electron chi connectivity index (χ4n) is 10.1. The van der Waals surface area contributed by atoms with Gasteiger partial charge in [0.05, 0.1) is 5.69 Å². The quantitative estimate of drug-likeness (QED) is 0.184. The predicted molar refractivity (Wildman–Crippen MR) is 236 cm³/mol. The zero-order valence-electron chi connectivity index (χ0n) is 33.9. The highest BCUT2D eigenvalue weighted by atomic mass is 16.3. The lowest BCUT2D eigenvalue weighted by molar-refractivity contribution is 0.332. The van der Waals surface area contributed by atoms with Gasteiger partial charge in [-0.25, -0.2) is 0 Å². The van der Waals surface area contributed by atoms with Crippen LogP contribution in [0.1, 0.15) is 103 Å². The molecular formula is C51H51BN2O. The van der Waals surface area contributed by atoms with E-state index in [1.165, 1.54) is 66.9 Å². The Morgan fingerprint density at radius 1 is 0.655 bits per heavy atom. The average molecular weight is 719 g/mol. The molecule has 3 aliphatic rings. The first kappa shape index (κ1) is 34.3. The molecule has 0 saturated carbocycles. The van der Waals surface area contributed by atoms with Crippen LogP contribution >= 0.6 is 0 Å². The molecule has 55 heavy (non-hydrogen) atoms. The van der Waals surface area contributed by atoms with E-state index in [-0.39, 0.29) is 21.7 Å². The van der Waals surface area contributed by atoms with E-state index < -0.39 is 0 Å². The van der Waals surface area contributed by atoms with Crippen molar-refractivity contribution in [1.29, 1.82) is 0 Å². The first-order chi connectivity index (χ1) is 26.1. The van der Waals surface area contributed by atoms with E-state index in [4.69, 9.17) is 4.42 Å². The minimum Gasteiger partial charge on any atom is -0.455 e. The zero-order valence-corrected chi connectivity index (χ0v) is 33.9. The Hall–Kier alpha value is -5.22. The summed E-state index contributed by atoms with van der Waals surface area (Å²) < 4.78 is 7.05. The number of nitrogens with one attached hydrogen (secondary N) is 1. The summed E-state index contributed by atoms with van der Waals surface area (Å²) in [4.78, 5) is 2.58. The predicted octanol–water partition coefficient (Wildman–Crippen LogP) is 12.5. The Labute approximate surface area is 327 Å². The molecule has 1 aliphatic carbocycles. The highest BCUT2D eigenvalue weighted by Gasteiger charge is 2.43. The number of benzene rings is 6. The molecule has 274 valence electrons. The summed E-state index contributed by atoms with van der Waals surface area (Å²) in [7, 11) is 0.821. The summed E-state index contributed by atoms with van der Waals surface area (Å²) in [6.45, 7) is 21.3. The number of hydrogen-bond donors (Lipinski definition) is 1. The summed E-state index contributed by atoms with van der Waals surface area (Å²) in [5.74, 6) is 0. The van der Waals surface area contributed by atoms with Gasteiger partial charge in [-0.3, -0.25) is 0 Å². The molecule has 7 aromatic rings. The van der Waals surface area contributed by atoms with Gasteiger partial charge in [-0.1, -0.05) is 135 Å². The van der Waals surface area contributed by atoms with Crippen molar-refractivity contribution in [2.45, 2.75) is 96.8 Å². The van der Waals surface area contributed by atoms with Gasteiger partial charge < -0.3 is 14.6 Å². The van der Waals surface area contributed by atoms with Crippen LogP contribution in [0.15, 0.2) is 114 Å². The van der Waals surface area contributed by atoms with Crippen molar-refractivity contribution in [2.24, 2.45) is 0 Å². The molecule has 0 bridgehead atoms. The first-order valence-electron chi connectivity index (χ1n) is 20.2. The van der Waals surface area contributed by atoms with E-state index in [2.05, 4.69) is 182 Å². The second-order valence-electron chi connectivity index (χ2n) is 19.4. The molecule has 0 radical (unpaired) electrons. The molecule has 3 nitrogen and oxygen atoms in total. The van der Waals surface area contributed by atoms with E-state index in [0.717, 1.165) is 53.4 Å². The molecular weight excluding hydrogens is 667 g/mol. The standard InChI is InChI=1S/C51H51BN2O/c1-48(2,3)30-21-23-31(24-22-30)53-40-29-38-37(49(4,5)25-26-50(38,6)7)27-34(40)44-45-42(28-33-32-15-10-13-20-43(32)55-47(33)44)54-41-19-12-11-16-35(41)51(8,9)36-17-14-18-39(52-45)46(36)54/h10-24,27-29,52-53H,25-26H2,1-9H3. The van der Waals surface area contributed by atoms with Gasteiger partial charge in [0.1, 0.15) is 11.2 Å². The van der Waals surface area contributed by atoms with Gasteiger partial charge >= 0.3 is 0 Å². The van der Waals surface area contributed by atoms with Gasteiger partial charge in [-0.2, -0.15) is 0 Å². The highest BCUT2D eigenvalue weighted by Crippen LogP contribution is 2.55. The van der Waals surface area contributed by atoms with Gasteiger partial charge in [0.25, 0.3) is 0 Å². The van der Waals surface area contributed by atoms with Crippen molar-refractivity contribution in [3.05, 3.63) is 137 Å². The normalized spacial score (nSPS) is 17.2. The fourth-order valence-corrected chi connectivity index (χ4v) is 10.1. The smallest absolute Gasteiger partial charge is 0.198 e. The van der Waals surface area contributed by atoms with Crippen LogP contribution in [0.25, 0.3) is 33.1 Å². The van der Waals surface area contributed by atoms with Crippen LogP contribution in [0.2, 0.25) is 0 Å². The maximum absolute atomic E-state index is 7.05. The molecule has 0 atom stereocenters. The number of furan rings is 1. The Morgan fingerprint density at radius 2 is 1.33 bits per heavy atom. The van der Waals surface area contributed by atoms with E-state index in [9.17, 15) is 0 Å². The fraction of sp³-hybridized carbons (Fsp3) is 0.294. The number of nitrogens with zero attached hydrogens (tertiary/aromatic N) is 1. The second-order valence-corrected chi connectivity index (χ2v) is 19.4. The van der Waals surface area contributed by atoms with E-state index in [1.54, 1.807) is 0 Å². The van der Waals surface area contributed by atoms with Gasteiger partial charge in [0.15, 0.2) is 7.28 Å². The number of fused-ring (bicyclic) bond motifs is 8. The molecule has 10 rings (SSSR count). The summed E-state index contributed by atoms with van der Waals surface area (Å²) >= 11 is 0. The first-order valence-corrected chi connectivity index (χ1v) is 20.2. The van der Waals surface area contributed by atoms with Crippen LogP contribution in [0, 0.1) is 0 Å². The number of hydrogen-bond acceptors (Lipinski definition) is 3. The van der Waals surface area contributed by atoms with Gasteiger partial charge in [0.2, 0.25) is 0 Å². The highest BCUT2D eigenvalue weighted by molar-refractivity contribution is 6.74. The largest absolute Gasteiger partial charge is 0.455 e. The lowest BCUT2D eigenvalue weighted by Crippen LogP contribution is -2.45. The van der Waals surface area contributed by atoms with Crippen molar-refractivity contribution >= 4 is 68.6 Å². The number of anilines is 5. The van der Waals surface area contributed by atoms with Crippen LogP contribution in [-0.4, -0.2) is 7.28 Å². The van der Waals surface area contributed by atoms with Crippen molar-refractivity contribution in [3.8, 4) is 11.1 Å². The molecule has 0 fully saturated rings. The SMILES string of the molecule is CC(C)(C)c1ccc(Nc2cc3c(cc2-c2c4c(cc5c2oc2ccccc25)N2c5ccccc5C(C)(C)c5cccc(c52)B4)C(C)(C)CCC3(C)C)cc1. The zero-order chi connectivity index (χ0) is 38.2. The Bertz CT molecular complexity index is 2720. The number of rotatable bonds is 3. The van der Waals surface area contributed by atoms with Gasteiger partial charge in [0, 0.05) is 50.1 Å². The second kappa shape index (κ2) is 11.4. The monoisotopic (exact) mass is 718 g/mol. The third-order valence-electron chi connectivity index (χ3n) is 13.5.